The third kappa shape index (κ3) is 4.48. The number of piperidine rings is 1. The number of amides is 2. The molecule has 6 nitrogen and oxygen atoms in total. The molecule has 2 heterocycles. The van der Waals surface area contributed by atoms with Crippen LogP contribution < -0.4 is 10.1 Å². The van der Waals surface area contributed by atoms with Gasteiger partial charge in [0.05, 0.1) is 12.2 Å². The van der Waals surface area contributed by atoms with Gasteiger partial charge in [0, 0.05) is 24.7 Å². The molecular weight excluding hydrogens is 378 g/mol. The maximum atomic E-state index is 12.8. The van der Waals surface area contributed by atoms with Crippen LogP contribution in [0.25, 0.3) is 0 Å². The SMILES string of the molecule is Cc1cccc(CNC(=O)[C@H]2CC23CCN(C(=O)[C@H](C)Oc2ccccc2)CC3)n1. The van der Waals surface area contributed by atoms with Crippen LogP contribution in [-0.4, -0.2) is 40.9 Å². The van der Waals surface area contributed by atoms with Crippen molar-refractivity contribution in [3.05, 3.63) is 59.9 Å². The summed E-state index contributed by atoms with van der Waals surface area (Å²) in [5.41, 5.74) is 1.89. The van der Waals surface area contributed by atoms with Gasteiger partial charge in [-0.1, -0.05) is 24.3 Å². The lowest BCUT2D eigenvalue weighted by molar-refractivity contribution is -0.139. The van der Waals surface area contributed by atoms with Crippen molar-refractivity contribution in [1.29, 1.82) is 0 Å². The van der Waals surface area contributed by atoms with Crippen LogP contribution in [0.5, 0.6) is 5.75 Å². The van der Waals surface area contributed by atoms with Crippen LogP contribution in [0, 0.1) is 18.3 Å². The van der Waals surface area contributed by atoms with Crippen molar-refractivity contribution in [2.45, 2.75) is 45.8 Å². The Morgan fingerprint density at radius 2 is 1.90 bits per heavy atom. The number of pyridine rings is 1. The summed E-state index contributed by atoms with van der Waals surface area (Å²) in [6.45, 7) is 5.58. The average molecular weight is 408 g/mol. The number of nitrogens with zero attached hydrogens (tertiary/aromatic N) is 2. The first kappa shape index (κ1) is 20.4. The summed E-state index contributed by atoms with van der Waals surface area (Å²) in [6.07, 6.45) is 2.15. The molecule has 2 amide bonds. The van der Waals surface area contributed by atoms with Gasteiger partial charge in [-0.05, 0) is 62.8 Å². The number of rotatable bonds is 6. The van der Waals surface area contributed by atoms with Gasteiger partial charge < -0.3 is 15.0 Å². The zero-order valence-electron chi connectivity index (χ0n) is 17.6. The first-order valence-electron chi connectivity index (χ1n) is 10.7. The highest BCUT2D eigenvalue weighted by atomic mass is 16.5. The van der Waals surface area contributed by atoms with Crippen molar-refractivity contribution in [3.8, 4) is 5.75 Å². The zero-order valence-corrected chi connectivity index (χ0v) is 17.6. The fourth-order valence-corrected chi connectivity index (χ4v) is 4.45. The quantitative estimate of drug-likeness (QED) is 0.799. The number of hydrogen-bond acceptors (Lipinski definition) is 4. The van der Waals surface area contributed by atoms with Crippen LogP contribution in [0.4, 0.5) is 0 Å². The highest BCUT2D eigenvalue weighted by molar-refractivity contribution is 5.83. The van der Waals surface area contributed by atoms with Gasteiger partial charge in [0.25, 0.3) is 5.91 Å². The van der Waals surface area contributed by atoms with Crippen molar-refractivity contribution >= 4 is 11.8 Å². The van der Waals surface area contributed by atoms with Gasteiger partial charge in [-0.15, -0.1) is 0 Å². The lowest BCUT2D eigenvalue weighted by Gasteiger charge is -2.34. The van der Waals surface area contributed by atoms with Crippen LogP contribution in [0.1, 0.15) is 37.6 Å². The minimum absolute atomic E-state index is 0.0147. The summed E-state index contributed by atoms with van der Waals surface area (Å²) in [7, 11) is 0. The number of nitrogens with one attached hydrogen (secondary N) is 1. The molecular formula is C24H29N3O3. The molecule has 2 fully saturated rings. The zero-order chi connectivity index (χ0) is 21.1. The van der Waals surface area contributed by atoms with E-state index in [0.29, 0.717) is 25.4 Å². The smallest absolute Gasteiger partial charge is 0.263 e. The average Bonchev–Trinajstić information content (AvgIpc) is 3.46. The van der Waals surface area contributed by atoms with Gasteiger partial charge in [0.2, 0.25) is 5.91 Å². The summed E-state index contributed by atoms with van der Waals surface area (Å²) in [5, 5.41) is 3.04. The van der Waals surface area contributed by atoms with E-state index >= 15 is 0 Å². The van der Waals surface area contributed by atoms with Crippen molar-refractivity contribution in [3.63, 3.8) is 0 Å². The molecule has 0 unspecified atom stereocenters. The van der Waals surface area contributed by atoms with Gasteiger partial charge in [-0.3, -0.25) is 14.6 Å². The molecule has 1 aliphatic heterocycles. The molecule has 0 bridgehead atoms. The molecule has 1 saturated carbocycles. The van der Waals surface area contributed by atoms with Crippen molar-refractivity contribution in [2.75, 3.05) is 13.1 Å². The summed E-state index contributed by atoms with van der Waals surface area (Å²) < 4.78 is 5.78. The van der Waals surface area contributed by atoms with Crippen molar-refractivity contribution in [2.24, 2.45) is 11.3 Å². The molecule has 1 N–H and O–H groups in total. The van der Waals surface area contributed by atoms with Crippen molar-refractivity contribution in [1.82, 2.24) is 15.2 Å². The first-order valence-corrected chi connectivity index (χ1v) is 10.7. The predicted molar refractivity (Wildman–Crippen MR) is 114 cm³/mol. The second-order valence-electron chi connectivity index (χ2n) is 8.51. The van der Waals surface area contributed by atoms with Crippen LogP contribution >= 0.6 is 0 Å². The van der Waals surface area contributed by atoms with E-state index in [1.54, 1.807) is 6.92 Å². The van der Waals surface area contributed by atoms with Gasteiger partial charge in [0.1, 0.15) is 5.75 Å². The molecule has 30 heavy (non-hydrogen) atoms. The molecule has 4 rings (SSSR count). The number of benzene rings is 1. The number of aromatic nitrogens is 1. The summed E-state index contributed by atoms with van der Waals surface area (Å²) >= 11 is 0. The Morgan fingerprint density at radius 3 is 2.60 bits per heavy atom. The lowest BCUT2D eigenvalue weighted by Crippen LogP contribution is -2.45. The van der Waals surface area contributed by atoms with E-state index in [0.717, 1.165) is 30.7 Å². The molecule has 1 spiro atoms. The van der Waals surface area contributed by atoms with Crippen LogP contribution in [-0.2, 0) is 16.1 Å². The summed E-state index contributed by atoms with van der Waals surface area (Å²) in [5.74, 6) is 0.881. The number of carbonyl (C=O) groups is 2. The molecule has 1 aromatic heterocycles. The maximum absolute atomic E-state index is 12.8. The first-order chi connectivity index (χ1) is 14.5. The third-order valence-corrected chi connectivity index (χ3v) is 6.37. The van der Waals surface area contributed by atoms with E-state index in [-0.39, 0.29) is 23.1 Å². The molecule has 1 aromatic carbocycles. The van der Waals surface area contributed by atoms with Crippen molar-refractivity contribution < 1.29 is 14.3 Å². The number of para-hydroxylation sites is 1. The minimum atomic E-state index is -0.512. The molecule has 2 aliphatic rings. The van der Waals surface area contributed by atoms with Gasteiger partial charge >= 0.3 is 0 Å². The van der Waals surface area contributed by atoms with Crippen LogP contribution in [0.15, 0.2) is 48.5 Å². The molecule has 0 radical (unpaired) electrons. The monoisotopic (exact) mass is 407 g/mol. The standard InChI is InChI=1S/C24H29N3O3/c1-17-7-6-8-19(26-17)16-25-22(28)21-15-24(21)11-13-27(14-12-24)23(29)18(2)30-20-9-4-3-5-10-20/h3-10,18,21H,11-16H2,1-2H3,(H,25,28)/t18-,21+/m0/s1. The van der Waals surface area contributed by atoms with Crippen LogP contribution in [0.2, 0.25) is 0 Å². The molecule has 2 aromatic rings. The second kappa shape index (κ2) is 8.46. The molecule has 6 heteroatoms. The Labute approximate surface area is 177 Å². The number of aryl methyl sites for hydroxylation is 1. The number of likely N-dealkylation sites (tertiary alicyclic amines) is 1. The fraction of sp³-hybridized carbons (Fsp3) is 0.458. The van der Waals surface area contributed by atoms with E-state index in [9.17, 15) is 9.59 Å². The maximum Gasteiger partial charge on any atom is 0.263 e. The van der Waals surface area contributed by atoms with E-state index in [1.807, 2.05) is 60.4 Å². The topological polar surface area (TPSA) is 71.5 Å². The van der Waals surface area contributed by atoms with E-state index in [1.165, 1.54) is 0 Å². The van der Waals surface area contributed by atoms with Gasteiger partial charge in [-0.2, -0.15) is 0 Å². The number of ether oxygens (including phenoxy) is 1. The van der Waals surface area contributed by atoms with E-state index < -0.39 is 6.10 Å². The Morgan fingerprint density at radius 1 is 1.17 bits per heavy atom. The lowest BCUT2D eigenvalue weighted by atomic mass is 9.90. The van der Waals surface area contributed by atoms with Crippen LogP contribution in [0.3, 0.4) is 0 Å². The Balaban J connectivity index is 1.24. The highest BCUT2D eigenvalue weighted by Gasteiger charge is 2.58. The van der Waals surface area contributed by atoms with E-state index in [2.05, 4.69) is 10.3 Å². The highest BCUT2D eigenvalue weighted by Crippen LogP contribution is 2.59. The minimum Gasteiger partial charge on any atom is -0.481 e. The van der Waals surface area contributed by atoms with Gasteiger partial charge in [-0.25, -0.2) is 0 Å². The van der Waals surface area contributed by atoms with E-state index in [4.69, 9.17) is 4.74 Å². The summed E-state index contributed by atoms with van der Waals surface area (Å²) in [6, 6.07) is 15.2. The fourth-order valence-electron chi connectivity index (χ4n) is 4.45. The molecule has 1 saturated heterocycles. The summed E-state index contributed by atoms with van der Waals surface area (Å²) in [4.78, 5) is 31.7. The second-order valence-corrected chi connectivity index (χ2v) is 8.51. The number of hydrogen-bond donors (Lipinski definition) is 1. The molecule has 2 atom stereocenters. The molecule has 1 aliphatic carbocycles. The normalized spacial score (nSPS) is 20.5. The Hall–Kier alpha value is -2.89. The Bertz CT molecular complexity index is 907. The predicted octanol–water partition coefficient (Wildman–Crippen LogP) is 3.10. The number of carbonyl (C=O) groups excluding carboxylic acids is 2. The third-order valence-electron chi connectivity index (χ3n) is 6.37. The Kier molecular flexibility index (Phi) is 5.75. The largest absolute Gasteiger partial charge is 0.481 e. The van der Waals surface area contributed by atoms with Gasteiger partial charge in [0.15, 0.2) is 6.10 Å². The molecule has 158 valence electrons.